The van der Waals surface area contributed by atoms with Gasteiger partial charge in [-0.1, -0.05) is 28.1 Å². The quantitative estimate of drug-likeness (QED) is 0.615. The van der Waals surface area contributed by atoms with Crippen LogP contribution in [0.25, 0.3) is 0 Å². The molecular weight excluding hydrogens is 320 g/mol. The van der Waals surface area contributed by atoms with E-state index in [2.05, 4.69) is 15.9 Å². The molecule has 1 atom stereocenters. The molecule has 0 radical (unpaired) electrons. The van der Waals surface area contributed by atoms with Gasteiger partial charge < -0.3 is 10.2 Å². The number of hydrogen-bond donors (Lipinski definition) is 2. The van der Waals surface area contributed by atoms with Crippen molar-refractivity contribution in [3.05, 3.63) is 29.3 Å². The summed E-state index contributed by atoms with van der Waals surface area (Å²) < 4.78 is 0. The van der Waals surface area contributed by atoms with Crippen LogP contribution in [0.1, 0.15) is 17.2 Å². The predicted molar refractivity (Wildman–Crippen MR) is 73.3 cm³/mol. The molecule has 0 aliphatic heterocycles. The first-order valence-corrected chi connectivity index (χ1v) is 7.50. The molecule has 98 valence electrons. The molecule has 1 rings (SSSR count). The van der Waals surface area contributed by atoms with Crippen LogP contribution < -0.4 is 0 Å². The maximum atomic E-state index is 11.5. The first kappa shape index (κ1) is 15.2. The van der Waals surface area contributed by atoms with E-state index < -0.39 is 12.1 Å². The summed E-state index contributed by atoms with van der Waals surface area (Å²) in [6, 6.07) is 5.02. The monoisotopic (exact) mass is 332 g/mol. The van der Waals surface area contributed by atoms with E-state index in [-0.39, 0.29) is 23.1 Å². The molecule has 6 heteroatoms. The Bertz CT molecular complexity index is 461. The smallest absolute Gasteiger partial charge is 0.337 e. The molecule has 4 nitrogen and oxygen atoms in total. The summed E-state index contributed by atoms with van der Waals surface area (Å²) in [4.78, 5) is 23.2. The van der Waals surface area contributed by atoms with E-state index in [9.17, 15) is 14.7 Å². The van der Waals surface area contributed by atoms with E-state index in [0.29, 0.717) is 5.56 Å². The Labute approximate surface area is 118 Å². The standard InChI is InChI=1S/C12H13BrO4S/c1-18-10-4-2-3-8(11(15)12(16)17)9(10)5-7(14)6-13/h2-4,11,15H,5-6H2,1H3,(H,16,17). The molecule has 0 amide bonds. The van der Waals surface area contributed by atoms with Crippen LogP contribution in [-0.4, -0.2) is 33.6 Å². The number of aliphatic hydroxyl groups is 1. The molecule has 1 unspecified atom stereocenters. The number of aliphatic hydroxyl groups excluding tert-OH is 1. The fourth-order valence-electron chi connectivity index (χ4n) is 1.60. The van der Waals surface area contributed by atoms with Crippen molar-refractivity contribution in [3.8, 4) is 0 Å². The van der Waals surface area contributed by atoms with Crippen LogP contribution >= 0.6 is 27.7 Å². The number of carboxylic acid groups (broad SMARTS) is 1. The summed E-state index contributed by atoms with van der Waals surface area (Å²) in [7, 11) is 0. The highest BCUT2D eigenvalue weighted by Gasteiger charge is 2.22. The number of halogens is 1. The zero-order valence-corrected chi connectivity index (χ0v) is 12.1. The van der Waals surface area contributed by atoms with Gasteiger partial charge in [-0.25, -0.2) is 4.79 Å². The van der Waals surface area contributed by atoms with Gasteiger partial charge in [-0.15, -0.1) is 11.8 Å². The van der Waals surface area contributed by atoms with Crippen molar-refractivity contribution in [2.45, 2.75) is 17.4 Å². The maximum absolute atomic E-state index is 11.5. The van der Waals surface area contributed by atoms with Crippen LogP contribution in [-0.2, 0) is 16.0 Å². The van der Waals surface area contributed by atoms with E-state index in [1.165, 1.54) is 17.8 Å². The highest BCUT2D eigenvalue weighted by atomic mass is 79.9. The molecule has 18 heavy (non-hydrogen) atoms. The van der Waals surface area contributed by atoms with Gasteiger partial charge in [0.15, 0.2) is 6.10 Å². The lowest BCUT2D eigenvalue weighted by Crippen LogP contribution is -2.15. The first-order valence-electron chi connectivity index (χ1n) is 5.15. The number of alkyl halides is 1. The number of ketones is 1. The third kappa shape index (κ3) is 3.57. The highest BCUT2D eigenvalue weighted by Crippen LogP contribution is 2.28. The minimum Gasteiger partial charge on any atom is -0.479 e. The average Bonchev–Trinajstić information content (AvgIpc) is 2.37. The van der Waals surface area contributed by atoms with Crippen molar-refractivity contribution < 1.29 is 19.8 Å². The fraction of sp³-hybridized carbons (Fsp3) is 0.333. The number of carbonyl (C=O) groups is 2. The maximum Gasteiger partial charge on any atom is 0.337 e. The number of rotatable bonds is 6. The van der Waals surface area contributed by atoms with Crippen molar-refractivity contribution in [2.75, 3.05) is 11.6 Å². The highest BCUT2D eigenvalue weighted by molar-refractivity contribution is 9.09. The van der Waals surface area contributed by atoms with Gasteiger partial charge in [-0.2, -0.15) is 0 Å². The second kappa shape index (κ2) is 6.92. The molecule has 0 saturated heterocycles. The van der Waals surface area contributed by atoms with Crippen molar-refractivity contribution >= 4 is 39.4 Å². The normalized spacial score (nSPS) is 12.2. The summed E-state index contributed by atoms with van der Waals surface area (Å²) in [6.07, 6.45) is 0.353. The zero-order valence-electron chi connectivity index (χ0n) is 9.72. The molecule has 0 spiro atoms. The van der Waals surface area contributed by atoms with Crippen LogP contribution in [0.2, 0.25) is 0 Å². The van der Waals surface area contributed by atoms with E-state index >= 15 is 0 Å². The van der Waals surface area contributed by atoms with Crippen molar-refractivity contribution in [1.82, 2.24) is 0 Å². The number of thioether (sulfide) groups is 1. The average molecular weight is 333 g/mol. The minimum absolute atomic E-state index is 0.0599. The Hall–Kier alpha value is -0.850. The van der Waals surface area contributed by atoms with Crippen LogP contribution in [0.4, 0.5) is 0 Å². The Morgan fingerprint density at radius 3 is 2.61 bits per heavy atom. The third-order valence-corrected chi connectivity index (χ3v) is 3.89. The summed E-state index contributed by atoms with van der Waals surface area (Å²) in [5.74, 6) is -1.38. The van der Waals surface area contributed by atoms with E-state index in [1.807, 2.05) is 6.26 Å². The number of benzene rings is 1. The number of Topliss-reactive ketones (excluding diaryl/α,β-unsaturated/α-hetero) is 1. The van der Waals surface area contributed by atoms with Gasteiger partial charge in [0.1, 0.15) is 5.78 Å². The molecule has 0 bridgehead atoms. The topological polar surface area (TPSA) is 74.6 Å². The van der Waals surface area contributed by atoms with E-state index in [0.717, 1.165) is 4.90 Å². The molecule has 2 N–H and O–H groups in total. The van der Waals surface area contributed by atoms with E-state index in [4.69, 9.17) is 5.11 Å². The van der Waals surface area contributed by atoms with Crippen LogP contribution in [0.5, 0.6) is 0 Å². The molecule has 0 aliphatic carbocycles. The number of carboxylic acids is 1. The van der Waals surface area contributed by atoms with Crippen molar-refractivity contribution in [3.63, 3.8) is 0 Å². The Balaban J connectivity index is 3.24. The van der Waals surface area contributed by atoms with Gasteiger partial charge in [-0.3, -0.25) is 4.79 Å². The zero-order chi connectivity index (χ0) is 13.7. The van der Waals surface area contributed by atoms with Gasteiger partial charge in [0.25, 0.3) is 0 Å². The summed E-state index contributed by atoms with van der Waals surface area (Å²) in [6.45, 7) is 0. The van der Waals surface area contributed by atoms with E-state index in [1.54, 1.807) is 12.1 Å². The Morgan fingerprint density at radius 2 is 2.11 bits per heavy atom. The largest absolute Gasteiger partial charge is 0.479 e. The lowest BCUT2D eigenvalue weighted by Gasteiger charge is -2.15. The SMILES string of the molecule is CSc1cccc(C(O)C(=O)O)c1CC(=O)CBr. The van der Waals surface area contributed by atoms with Crippen LogP contribution in [0.3, 0.4) is 0 Å². The lowest BCUT2D eigenvalue weighted by atomic mass is 9.98. The summed E-state index contributed by atoms with van der Waals surface area (Å²) in [5, 5.41) is 18.7. The molecule has 0 fully saturated rings. The predicted octanol–water partition coefficient (Wildman–Crippen LogP) is 2.03. The lowest BCUT2D eigenvalue weighted by molar-refractivity contribution is -0.147. The Morgan fingerprint density at radius 1 is 1.44 bits per heavy atom. The first-order chi connectivity index (χ1) is 8.51. The van der Waals surface area contributed by atoms with Gasteiger partial charge >= 0.3 is 5.97 Å². The number of aliphatic carboxylic acids is 1. The number of hydrogen-bond acceptors (Lipinski definition) is 4. The second-order valence-corrected chi connectivity index (χ2v) is 5.03. The fourth-order valence-corrected chi connectivity index (χ4v) is 2.45. The number of carbonyl (C=O) groups excluding carboxylic acids is 1. The molecule has 0 heterocycles. The summed E-state index contributed by atoms with van der Waals surface area (Å²) in [5.41, 5.74) is 0.869. The molecule has 1 aromatic carbocycles. The van der Waals surface area contributed by atoms with Crippen molar-refractivity contribution in [1.29, 1.82) is 0 Å². The van der Waals surface area contributed by atoms with Crippen molar-refractivity contribution in [2.24, 2.45) is 0 Å². The van der Waals surface area contributed by atoms with Gasteiger partial charge in [0.2, 0.25) is 0 Å². The molecule has 0 aliphatic rings. The van der Waals surface area contributed by atoms with Gasteiger partial charge in [-0.05, 0) is 23.4 Å². The third-order valence-electron chi connectivity index (χ3n) is 2.44. The van der Waals surface area contributed by atoms with Crippen LogP contribution in [0, 0.1) is 0 Å². The molecule has 1 aromatic rings. The molecule has 0 aromatic heterocycles. The summed E-state index contributed by atoms with van der Waals surface area (Å²) >= 11 is 4.49. The van der Waals surface area contributed by atoms with Crippen LogP contribution in [0.15, 0.2) is 23.1 Å². The Kier molecular flexibility index (Phi) is 5.84. The van der Waals surface area contributed by atoms with Gasteiger partial charge in [0, 0.05) is 11.3 Å². The minimum atomic E-state index is -1.60. The molecule has 0 saturated carbocycles. The second-order valence-electron chi connectivity index (χ2n) is 3.62. The van der Waals surface area contributed by atoms with Gasteiger partial charge in [0.05, 0.1) is 5.33 Å². The molecular formula is C12H13BrO4S.